The summed E-state index contributed by atoms with van der Waals surface area (Å²) in [6.45, 7) is 10.5. The van der Waals surface area contributed by atoms with Crippen molar-refractivity contribution in [1.82, 2.24) is 4.90 Å². The second-order valence-corrected chi connectivity index (χ2v) is 8.89. The van der Waals surface area contributed by atoms with E-state index in [1.807, 2.05) is 0 Å². The number of rotatable bonds is 6. The van der Waals surface area contributed by atoms with Crippen molar-refractivity contribution >= 4 is 5.97 Å². The van der Waals surface area contributed by atoms with Crippen molar-refractivity contribution in [3.63, 3.8) is 0 Å². The zero-order valence-electron chi connectivity index (χ0n) is 14.8. The van der Waals surface area contributed by atoms with Crippen LogP contribution in [0.5, 0.6) is 0 Å². The highest BCUT2D eigenvalue weighted by atomic mass is 16.5. The van der Waals surface area contributed by atoms with E-state index in [4.69, 9.17) is 4.74 Å². The third-order valence-electron chi connectivity index (χ3n) is 5.56. The van der Waals surface area contributed by atoms with E-state index in [0.29, 0.717) is 5.41 Å². The highest BCUT2D eigenvalue weighted by Gasteiger charge is 2.47. The molecule has 0 bridgehead atoms. The van der Waals surface area contributed by atoms with Crippen molar-refractivity contribution < 1.29 is 14.6 Å². The predicted molar refractivity (Wildman–Crippen MR) is 88.0 cm³/mol. The fraction of sp³-hybridized carbons (Fsp3) is 0.944. The fourth-order valence-electron chi connectivity index (χ4n) is 4.46. The van der Waals surface area contributed by atoms with E-state index >= 15 is 0 Å². The number of likely N-dealkylation sites (tertiary alicyclic amines) is 1. The van der Waals surface area contributed by atoms with Gasteiger partial charge in [0.25, 0.3) is 0 Å². The number of carbonyl (C=O) groups is 1. The van der Waals surface area contributed by atoms with E-state index in [-0.39, 0.29) is 5.41 Å². The van der Waals surface area contributed by atoms with Crippen LogP contribution in [0.3, 0.4) is 0 Å². The van der Waals surface area contributed by atoms with Crippen LogP contribution in [0.4, 0.5) is 0 Å². The van der Waals surface area contributed by atoms with Gasteiger partial charge in [-0.15, -0.1) is 0 Å². The lowest BCUT2D eigenvalue weighted by atomic mass is 9.66. The minimum Gasteiger partial charge on any atom is -0.481 e. The summed E-state index contributed by atoms with van der Waals surface area (Å²) >= 11 is 0. The van der Waals surface area contributed by atoms with Gasteiger partial charge < -0.3 is 14.7 Å². The molecule has 0 spiro atoms. The van der Waals surface area contributed by atoms with Gasteiger partial charge in [-0.05, 0) is 56.0 Å². The van der Waals surface area contributed by atoms with Gasteiger partial charge in [0.1, 0.15) is 0 Å². The zero-order chi connectivity index (χ0) is 16.4. The first kappa shape index (κ1) is 17.7. The predicted octanol–water partition coefficient (Wildman–Crippen LogP) is 3.41. The summed E-state index contributed by atoms with van der Waals surface area (Å²) in [6, 6.07) is 0. The monoisotopic (exact) mass is 311 g/mol. The Labute approximate surface area is 135 Å². The van der Waals surface area contributed by atoms with E-state index in [9.17, 15) is 9.90 Å². The summed E-state index contributed by atoms with van der Waals surface area (Å²) in [6.07, 6.45) is 6.18. The Kier molecular flexibility index (Phi) is 5.23. The van der Waals surface area contributed by atoms with E-state index in [0.717, 1.165) is 58.3 Å². The van der Waals surface area contributed by atoms with Crippen molar-refractivity contribution in [2.24, 2.45) is 16.2 Å². The van der Waals surface area contributed by atoms with Crippen LogP contribution in [0.25, 0.3) is 0 Å². The first-order chi connectivity index (χ1) is 10.2. The molecule has 0 atom stereocenters. The number of aliphatic carboxylic acids is 1. The highest BCUT2D eigenvalue weighted by Crippen LogP contribution is 2.45. The molecule has 128 valence electrons. The molecule has 1 saturated heterocycles. The minimum absolute atomic E-state index is 0.263. The molecule has 1 heterocycles. The maximum absolute atomic E-state index is 11.5. The molecule has 1 aliphatic heterocycles. The quantitative estimate of drug-likeness (QED) is 0.817. The van der Waals surface area contributed by atoms with Crippen LogP contribution in [0.15, 0.2) is 0 Å². The van der Waals surface area contributed by atoms with Gasteiger partial charge in [0, 0.05) is 13.7 Å². The number of hydrogen-bond donors (Lipinski definition) is 1. The molecular formula is C18H33NO3. The molecule has 2 fully saturated rings. The highest BCUT2D eigenvalue weighted by molar-refractivity contribution is 5.76. The van der Waals surface area contributed by atoms with Gasteiger partial charge >= 0.3 is 5.97 Å². The van der Waals surface area contributed by atoms with Crippen LogP contribution in [-0.4, -0.2) is 49.3 Å². The van der Waals surface area contributed by atoms with Gasteiger partial charge in [0.2, 0.25) is 0 Å². The average molecular weight is 311 g/mol. The number of hydrogen-bond acceptors (Lipinski definition) is 3. The van der Waals surface area contributed by atoms with Gasteiger partial charge in [-0.3, -0.25) is 4.79 Å². The first-order valence-electron chi connectivity index (χ1n) is 8.65. The molecule has 2 aliphatic rings. The summed E-state index contributed by atoms with van der Waals surface area (Å²) in [5.41, 5.74) is 0.113. The van der Waals surface area contributed by atoms with Gasteiger partial charge in [0.05, 0.1) is 12.0 Å². The molecule has 4 nitrogen and oxygen atoms in total. The minimum atomic E-state index is -0.595. The van der Waals surface area contributed by atoms with Crippen LogP contribution >= 0.6 is 0 Å². The molecule has 0 unspecified atom stereocenters. The number of nitrogens with zero attached hydrogens (tertiary/aromatic N) is 1. The lowest BCUT2D eigenvalue weighted by Gasteiger charge is -2.48. The number of piperidine rings is 1. The van der Waals surface area contributed by atoms with Gasteiger partial charge in [-0.1, -0.05) is 27.2 Å². The first-order valence-corrected chi connectivity index (χ1v) is 8.65. The van der Waals surface area contributed by atoms with Gasteiger partial charge in [-0.2, -0.15) is 0 Å². The average Bonchev–Trinajstić information content (AvgIpc) is 2.34. The van der Waals surface area contributed by atoms with Crippen LogP contribution in [-0.2, 0) is 9.53 Å². The van der Waals surface area contributed by atoms with Crippen LogP contribution in [0.1, 0.15) is 59.3 Å². The Morgan fingerprint density at radius 2 is 1.77 bits per heavy atom. The molecule has 0 aromatic heterocycles. The van der Waals surface area contributed by atoms with E-state index in [1.165, 1.54) is 6.42 Å². The summed E-state index contributed by atoms with van der Waals surface area (Å²) in [4.78, 5) is 13.9. The van der Waals surface area contributed by atoms with Crippen molar-refractivity contribution in [2.45, 2.75) is 59.3 Å². The summed E-state index contributed by atoms with van der Waals surface area (Å²) < 4.78 is 5.52. The third kappa shape index (κ3) is 4.02. The van der Waals surface area contributed by atoms with Crippen molar-refractivity contribution in [3.05, 3.63) is 0 Å². The van der Waals surface area contributed by atoms with Crippen molar-refractivity contribution in [1.29, 1.82) is 0 Å². The number of ether oxygens (including phenoxy) is 1. The Hall–Kier alpha value is -0.610. The number of carboxylic acids is 1. The van der Waals surface area contributed by atoms with E-state index in [1.54, 1.807) is 7.11 Å². The second-order valence-electron chi connectivity index (χ2n) is 8.89. The number of methoxy groups -OCH3 is 1. The number of carboxylic acid groups (broad SMARTS) is 1. The molecule has 0 aromatic rings. The maximum Gasteiger partial charge on any atom is 0.310 e. The molecule has 0 radical (unpaired) electrons. The van der Waals surface area contributed by atoms with E-state index < -0.39 is 11.4 Å². The van der Waals surface area contributed by atoms with Crippen LogP contribution in [0.2, 0.25) is 0 Å². The Morgan fingerprint density at radius 3 is 2.14 bits per heavy atom. The molecule has 1 N–H and O–H groups in total. The Morgan fingerprint density at radius 1 is 1.18 bits per heavy atom. The normalized spacial score (nSPS) is 24.7. The standard InChI is InChI=1S/C18H33NO3/c1-16(2,3)12-17(14-22-4)8-10-19(11-9-17)13-18(15(20)21)6-5-7-18/h5-14H2,1-4H3,(H,20,21). The summed E-state index contributed by atoms with van der Waals surface area (Å²) in [5, 5.41) is 9.51. The van der Waals surface area contributed by atoms with Gasteiger partial charge in [-0.25, -0.2) is 0 Å². The molecule has 0 amide bonds. The third-order valence-corrected chi connectivity index (χ3v) is 5.56. The lowest BCUT2D eigenvalue weighted by molar-refractivity contribution is -0.157. The Balaban J connectivity index is 1.94. The lowest BCUT2D eigenvalue weighted by Crippen LogP contribution is -2.52. The van der Waals surface area contributed by atoms with E-state index in [2.05, 4.69) is 25.7 Å². The molecular weight excluding hydrogens is 278 g/mol. The molecule has 4 heteroatoms. The van der Waals surface area contributed by atoms with Crippen molar-refractivity contribution in [3.8, 4) is 0 Å². The van der Waals surface area contributed by atoms with Crippen LogP contribution in [0, 0.1) is 16.2 Å². The smallest absolute Gasteiger partial charge is 0.310 e. The molecule has 1 aliphatic carbocycles. The molecule has 22 heavy (non-hydrogen) atoms. The zero-order valence-corrected chi connectivity index (χ0v) is 14.8. The SMILES string of the molecule is COCC1(CC(C)(C)C)CCN(CC2(C(=O)O)CCC2)CC1. The Bertz CT molecular complexity index is 388. The van der Waals surface area contributed by atoms with Gasteiger partial charge in [0.15, 0.2) is 0 Å². The molecule has 2 rings (SSSR count). The maximum atomic E-state index is 11.5. The topological polar surface area (TPSA) is 49.8 Å². The molecule has 1 saturated carbocycles. The van der Waals surface area contributed by atoms with Crippen molar-refractivity contribution in [2.75, 3.05) is 33.4 Å². The van der Waals surface area contributed by atoms with Crippen LogP contribution < -0.4 is 0 Å². The summed E-state index contributed by atoms with van der Waals surface area (Å²) in [7, 11) is 1.80. The largest absolute Gasteiger partial charge is 0.481 e. The second kappa shape index (κ2) is 6.48. The molecule has 0 aromatic carbocycles. The summed E-state index contributed by atoms with van der Waals surface area (Å²) in [5.74, 6) is -0.595. The fourth-order valence-corrected chi connectivity index (χ4v) is 4.46.